The summed E-state index contributed by atoms with van der Waals surface area (Å²) in [7, 11) is 0. The minimum atomic E-state index is -1.04. The number of carboxylic acid groups (broad SMARTS) is 1. The predicted octanol–water partition coefficient (Wildman–Crippen LogP) is 4.15. The molecule has 0 bridgehead atoms. The van der Waals surface area contributed by atoms with E-state index in [-0.39, 0.29) is 25.8 Å². The zero-order chi connectivity index (χ0) is 30.5. The van der Waals surface area contributed by atoms with Gasteiger partial charge in [0.2, 0.25) is 12.7 Å². The maximum Gasteiger partial charge on any atom is 0.326 e. The number of aliphatic carboxylic acids is 1. The average Bonchev–Trinajstić information content (AvgIpc) is 2.97. The van der Waals surface area contributed by atoms with Gasteiger partial charge in [0.15, 0.2) is 0 Å². The van der Waals surface area contributed by atoms with Crippen LogP contribution >= 0.6 is 0 Å². The molecule has 2 atom stereocenters. The molecular formula is C33H38N2O7. The summed E-state index contributed by atoms with van der Waals surface area (Å²) in [5, 5.41) is 14.8. The molecule has 3 aromatic carbocycles. The molecule has 3 rings (SSSR count). The molecule has 9 nitrogen and oxygen atoms in total. The number of carbonyl (C=O) groups excluding carboxylic acids is 3. The summed E-state index contributed by atoms with van der Waals surface area (Å²) in [6.45, 7) is 4.46. The maximum absolute atomic E-state index is 13.3. The van der Waals surface area contributed by atoms with Crippen molar-refractivity contribution in [3.05, 3.63) is 96.1 Å². The van der Waals surface area contributed by atoms with E-state index in [1.54, 1.807) is 20.8 Å². The second-order valence-electron chi connectivity index (χ2n) is 10.9. The van der Waals surface area contributed by atoms with Gasteiger partial charge in [-0.1, -0.05) is 84.9 Å². The van der Waals surface area contributed by atoms with E-state index in [0.29, 0.717) is 0 Å². The van der Waals surface area contributed by atoms with E-state index in [1.807, 2.05) is 84.9 Å². The Labute approximate surface area is 246 Å². The number of rotatable bonds is 14. The molecule has 0 aliphatic carbocycles. The van der Waals surface area contributed by atoms with E-state index in [4.69, 9.17) is 14.6 Å². The lowest BCUT2D eigenvalue weighted by atomic mass is 9.98. The number of carboxylic acids is 1. The SMILES string of the molecule is CC(C)(C)C(=O)OCOC(=O)C(Cc1ccccc1)N[C@@H](Cc1ccc(-c2ccccc2)cc1)C(=O)NCCC(=O)O. The van der Waals surface area contributed by atoms with Crippen LogP contribution in [0.5, 0.6) is 0 Å². The molecule has 3 aromatic rings. The van der Waals surface area contributed by atoms with Crippen molar-refractivity contribution in [1.82, 2.24) is 10.6 Å². The first-order valence-corrected chi connectivity index (χ1v) is 13.8. The van der Waals surface area contributed by atoms with Crippen LogP contribution in [0.3, 0.4) is 0 Å². The monoisotopic (exact) mass is 574 g/mol. The highest BCUT2D eigenvalue weighted by molar-refractivity contribution is 5.84. The number of ether oxygens (including phenoxy) is 2. The zero-order valence-electron chi connectivity index (χ0n) is 24.2. The van der Waals surface area contributed by atoms with Gasteiger partial charge in [0.25, 0.3) is 0 Å². The normalized spacial score (nSPS) is 12.5. The van der Waals surface area contributed by atoms with Crippen LogP contribution in [0.1, 0.15) is 38.3 Å². The van der Waals surface area contributed by atoms with Gasteiger partial charge in [0, 0.05) is 6.54 Å². The molecule has 0 aromatic heterocycles. The Balaban J connectivity index is 1.80. The molecule has 3 N–H and O–H groups in total. The average molecular weight is 575 g/mol. The third-order valence-corrected chi connectivity index (χ3v) is 6.43. The molecule has 1 unspecified atom stereocenters. The molecule has 42 heavy (non-hydrogen) atoms. The van der Waals surface area contributed by atoms with E-state index in [0.717, 1.165) is 22.3 Å². The molecule has 1 amide bonds. The molecule has 0 aliphatic heterocycles. The highest BCUT2D eigenvalue weighted by Crippen LogP contribution is 2.20. The Morgan fingerprint density at radius 1 is 0.738 bits per heavy atom. The third-order valence-electron chi connectivity index (χ3n) is 6.43. The molecular weight excluding hydrogens is 536 g/mol. The van der Waals surface area contributed by atoms with Crippen molar-refractivity contribution in [2.75, 3.05) is 13.3 Å². The topological polar surface area (TPSA) is 131 Å². The van der Waals surface area contributed by atoms with Crippen LogP contribution in [-0.4, -0.2) is 54.3 Å². The summed E-state index contributed by atoms with van der Waals surface area (Å²) in [6.07, 6.45) is 0.198. The molecule has 0 spiro atoms. The van der Waals surface area contributed by atoms with Crippen molar-refractivity contribution < 1.29 is 33.8 Å². The first-order valence-electron chi connectivity index (χ1n) is 13.8. The summed E-state index contributed by atoms with van der Waals surface area (Å²) in [6, 6.07) is 25.0. The number of amides is 1. The van der Waals surface area contributed by atoms with Crippen molar-refractivity contribution >= 4 is 23.8 Å². The van der Waals surface area contributed by atoms with E-state index in [9.17, 15) is 19.2 Å². The number of nitrogens with one attached hydrogen (secondary N) is 2. The van der Waals surface area contributed by atoms with Gasteiger partial charge in [-0.2, -0.15) is 0 Å². The van der Waals surface area contributed by atoms with Crippen LogP contribution in [-0.2, 0) is 41.5 Å². The minimum Gasteiger partial charge on any atom is -0.481 e. The lowest BCUT2D eigenvalue weighted by molar-refractivity contribution is -0.174. The van der Waals surface area contributed by atoms with Gasteiger partial charge >= 0.3 is 17.9 Å². The van der Waals surface area contributed by atoms with E-state index in [2.05, 4.69) is 10.6 Å². The van der Waals surface area contributed by atoms with E-state index in [1.165, 1.54) is 0 Å². The van der Waals surface area contributed by atoms with E-state index >= 15 is 0 Å². The summed E-state index contributed by atoms with van der Waals surface area (Å²) >= 11 is 0. The van der Waals surface area contributed by atoms with Crippen molar-refractivity contribution in [3.63, 3.8) is 0 Å². The standard InChI is InChI=1S/C33H38N2O7/c1-33(2,3)32(40)42-22-41-31(39)28(21-23-10-6-4-7-11-23)35-27(30(38)34-19-18-29(36)37)20-24-14-16-26(17-15-24)25-12-8-5-9-13-25/h4-17,27-28,35H,18-22H2,1-3H3,(H,34,38)(H,36,37)/t27-,28?/m0/s1. The van der Waals surface area contributed by atoms with Gasteiger partial charge in [-0.05, 0) is 55.9 Å². The van der Waals surface area contributed by atoms with Crippen molar-refractivity contribution in [2.45, 2.75) is 52.1 Å². The summed E-state index contributed by atoms with van der Waals surface area (Å²) in [5.74, 6) is -2.69. The quantitative estimate of drug-likeness (QED) is 0.193. The summed E-state index contributed by atoms with van der Waals surface area (Å²) in [4.78, 5) is 49.6. The predicted molar refractivity (Wildman–Crippen MR) is 158 cm³/mol. The fraction of sp³-hybridized carbons (Fsp3) is 0.333. The molecule has 0 fully saturated rings. The summed E-state index contributed by atoms with van der Waals surface area (Å²) in [5.41, 5.74) is 2.99. The number of hydrogen-bond donors (Lipinski definition) is 3. The van der Waals surface area contributed by atoms with Crippen LogP contribution in [0.25, 0.3) is 11.1 Å². The van der Waals surface area contributed by atoms with Crippen LogP contribution < -0.4 is 10.6 Å². The van der Waals surface area contributed by atoms with Gasteiger partial charge in [-0.3, -0.25) is 24.5 Å². The highest BCUT2D eigenvalue weighted by Gasteiger charge is 2.29. The number of hydrogen-bond acceptors (Lipinski definition) is 7. The molecule has 0 saturated heterocycles. The first-order chi connectivity index (χ1) is 20.0. The van der Waals surface area contributed by atoms with Crippen LogP contribution in [0.2, 0.25) is 0 Å². The molecule has 0 heterocycles. The van der Waals surface area contributed by atoms with Crippen LogP contribution in [0, 0.1) is 5.41 Å². The van der Waals surface area contributed by atoms with Gasteiger partial charge in [0.05, 0.1) is 17.9 Å². The Morgan fingerprint density at radius 2 is 1.29 bits per heavy atom. The maximum atomic E-state index is 13.3. The van der Waals surface area contributed by atoms with Gasteiger partial charge in [-0.15, -0.1) is 0 Å². The molecule has 0 radical (unpaired) electrons. The van der Waals surface area contributed by atoms with Gasteiger partial charge in [-0.25, -0.2) is 0 Å². The Bertz CT molecular complexity index is 1320. The van der Waals surface area contributed by atoms with Crippen molar-refractivity contribution in [3.8, 4) is 11.1 Å². The van der Waals surface area contributed by atoms with Gasteiger partial charge < -0.3 is 19.9 Å². The number of carbonyl (C=O) groups is 4. The lowest BCUT2D eigenvalue weighted by Crippen LogP contribution is -2.53. The third kappa shape index (κ3) is 10.5. The highest BCUT2D eigenvalue weighted by atomic mass is 16.7. The van der Waals surface area contributed by atoms with E-state index < -0.39 is 48.1 Å². The van der Waals surface area contributed by atoms with Crippen LogP contribution in [0.4, 0.5) is 0 Å². The van der Waals surface area contributed by atoms with Crippen molar-refractivity contribution in [1.29, 1.82) is 0 Å². The Morgan fingerprint density at radius 3 is 1.88 bits per heavy atom. The summed E-state index contributed by atoms with van der Waals surface area (Å²) < 4.78 is 10.4. The Hall–Kier alpha value is -4.50. The zero-order valence-corrected chi connectivity index (χ0v) is 24.2. The molecule has 222 valence electrons. The Kier molecular flexibility index (Phi) is 11.8. The largest absolute Gasteiger partial charge is 0.481 e. The fourth-order valence-corrected chi connectivity index (χ4v) is 4.10. The molecule has 0 aliphatic rings. The second-order valence-corrected chi connectivity index (χ2v) is 10.9. The molecule has 0 saturated carbocycles. The first kappa shape index (κ1) is 32.0. The number of benzene rings is 3. The van der Waals surface area contributed by atoms with Crippen molar-refractivity contribution in [2.24, 2.45) is 5.41 Å². The van der Waals surface area contributed by atoms with Crippen LogP contribution in [0.15, 0.2) is 84.9 Å². The number of esters is 2. The minimum absolute atomic E-state index is 0.0597. The smallest absolute Gasteiger partial charge is 0.326 e. The van der Waals surface area contributed by atoms with Gasteiger partial charge in [0.1, 0.15) is 6.04 Å². The fourth-order valence-electron chi connectivity index (χ4n) is 4.10. The second kappa shape index (κ2) is 15.5. The lowest BCUT2D eigenvalue weighted by Gasteiger charge is -2.25. The molecule has 9 heteroatoms.